The number of hydrogen-bond donors (Lipinski definition) is 6. The number of hydrogen-bond acceptors (Lipinski definition) is 10. The van der Waals surface area contributed by atoms with Crippen LogP contribution in [0.4, 0.5) is 0 Å². The molecule has 1 amide bonds. The molecule has 0 aromatic rings. The summed E-state index contributed by atoms with van der Waals surface area (Å²) in [4.78, 5) is 25.1. The van der Waals surface area contributed by atoms with Crippen molar-refractivity contribution >= 4 is 11.9 Å². The molecule has 0 spiro atoms. The molecule has 0 aromatic heterocycles. The smallest absolute Gasteiger partial charge is 0.305 e. The van der Waals surface area contributed by atoms with Gasteiger partial charge in [-0.2, -0.15) is 0 Å². The number of allylic oxidation sites excluding steroid dienone is 7. The molecule has 82 heavy (non-hydrogen) atoms. The Bertz CT molecular complexity index is 1500. The lowest BCUT2D eigenvalue weighted by molar-refractivity contribution is -0.302. The molecule has 11 heteroatoms. The Balaban J connectivity index is 2.02. The maximum atomic E-state index is 13.1. The van der Waals surface area contributed by atoms with Crippen LogP contribution in [0.25, 0.3) is 0 Å². The summed E-state index contributed by atoms with van der Waals surface area (Å²) >= 11 is 0. The average molecular weight is 1160 g/mol. The average Bonchev–Trinajstić information content (AvgIpc) is 3.68. The van der Waals surface area contributed by atoms with Gasteiger partial charge in [-0.1, -0.05) is 287 Å². The van der Waals surface area contributed by atoms with Crippen molar-refractivity contribution in [3.63, 3.8) is 0 Å². The Labute approximate surface area is 504 Å². The SMILES string of the molecule is CCCCCCCCCC/C=C/CC/C=C/C(O)C(COC1OC(CO)C(O)C(O)C1O)NC(=O)CCCCCCCCCCCCCCC/C=C\C/C=C\CCCCCCCCCCCOC(=O)CCCCCCCCCCCCC. The van der Waals surface area contributed by atoms with Crippen LogP contribution in [0, 0.1) is 0 Å². The first-order chi connectivity index (χ1) is 40.2. The van der Waals surface area contributed by atoms with E-state index >= 15 is 0 Å². The summed E-state index contributed by atoms with van der Waals surface area (Å²) in [6.45, 7) is 4.34. The molecule has 11 nitrogen and oxygen atoms in total. The molecule has 7 atom stereocenters. The van der Waals surface area contributed by atoms with Crippen LogP contribution < -0.4 is 5.32 Å². The second kappa shape index (κ2) is 60.3. The predicted molar refractivity (Wildman–Crippen MR) is 343 cm³/mol. The third-order valence-electron chi connectivity index (χ3n) is 16.4. The van der Waals surface area contributed by atoms with E-state index in [1.165, 1.54) is 238 Å². The van der Waals surface area contributed by atoms with Crippen molar-refractivity contribution < 1.29 is 49.3 Å². The normalized spacial score (nSPS) is 18.5. The van der Waals surface area contributed by atoms with Crippen molar-refractivity contribution in [2.75, 3.05) is 19.8 Å². The Hall–Kier alpha value is -2.38. The number of aliphatic hydroxyl groups excluding tert-OH is 5. The number of carbonyl (C=O) groups is 2. The first-order valence-electron chi connectivity index (χ1n) is 34.9. The highest BCUT2D eigenvalue weighted by molar-refractivity contribution is 5.76. The minimum atomic E-state index is -1.58. The molecule has 1 rings (SSSR count). The number of amides is 1. The Morgan fingerprint density at radius 1 is 0.451 bits per heavy atom. The number of ether oxygens (including phenoxy) is 3. The highest BCUT2D eigenvalue weighted by atomic mass is 16.7. The molecule has 7 unspecified atom stereocenters. The maximum Gasteiger partial charge on any atom is 0.305 e. The second-order valence-electron chi connectivity index (χ2n) is 24.2. The summed E-state index contributed by atoms with van der Waals surface area (Å²) in [5, 5.41) is 54.5. The minimum absolute atomic E-state index is 0.00273. The third kappa shape index (κ3) is 48.8. The van der Waals surface area contributed by atoms with E-state index in [9.17, 15) is 35.1 Å². The van der Waals surface area contributed by atoms with Gasteiger partial charge in [0.2, 0.25) is 5.91 Å². The molecule has 480 valence electrons. The number of rotatable bonds is 61. The van der Waals surface area contributed by atoms with Crippen LogP contribution in [-0.2, 0) is 23.8 Å². The summed E-state index contributed by atoms with van der Waals surface area (Å²) in [5.41, 5.74) is 0. The Morgan fingerprint density at radius 2 is 0.829 bits per heavy atom. The van der Waals surface area contributed by atoms with Crippen LogP contribution in [0.5, 0.6) is 0 Å². The van der Waals surface area contributed by atoms with Gasteiger partial charge in [0.15, 0.2) is 6.29 Å². The fourth-order valence-electron chi connectivity index (χ4n) is 10.9. The molecule has 0 radical (unpaired) electrons. The molecule has 6 N–H and O–H groups in total. The van der Waals surface area contributed by atoms with Crippen LogP contribution in [0.3, 0.4) is 0 Å². The highest BCUT2D eigenvalue weighted by Gasteiger charge is 2.44. The number of unbranched alkanes of at least 4 members (excludes halogenated alkanes) is 41. The van der Waals surface area contributed by atoms with E-state index in [0.29, 0.717) is 19.4 Å². The zero-order chi connectivity index (χ0) is 59.5. The molecule has 0 aliphatic carbocycles. The van der Waals surface area contributed by atoms with Gasteiger partial charge in [-0.05, 0) is 77.0 Å². The van der Waals surface area contributed by atoms with Gasteiger partial charge < -0.3 is 45.1 Å². The zero-order valence-electron chi connectivity index (χ0n) is 53.2. The maximum absolute atomic E-state index is 13.1. The van der Waals surface area contributed by atoms with Crippen LogP contribution >= 0.6 is 0 Å². The molecule has 0 aromatic carbocycles. The molecule has 1 aliphatic rings. The monoisotopic (exact) mass is 1160 g/mol. The molecule has 1 aliphatic heterocycles. The van der Waals surface area contributed by atoms with E-state index in [2.05, 4.69) is 55.6 Å². The van der Waals surface area contributed by atoms with Crippen LogP contribution in [0.1, 0.15) is 328 Å². The number of nitrogens with one attached hydrogen (secondary N) is 1. The van der Waals surface area contributed by atoms with Crippen molar-refractivity contribution in [2.45, 2.75) is 371 Å². The molecule has 1 fully saturated rings. The van der Waals surface area contributed by atoms with E-state index in [1.54, 1.807) is 6.08 Å². The van der Waals surface area contributed by atoms with Crippen LogP contribution in [-0.4, -0.2) is 100 Å². The van der Waals surface area contributed by atoms with Gasteiger partial charge in [0.05, 0.1) is 32.0 Å². The first kappa shape index (κ1) is 77.6. The van der Waals surface area contributed by atoms with E-state index in [-0.39, 0.29) is 18.5 Å². The lowest BCUT2D eigenvalue weighted by Crippen LogP contribution is -2.60. The topological polar surface area (TPSA) is 175 Å². The summed E-state index contributed by atoms with van der Waals surface area (Å²) in [7, 11) is 0. The summed E-state index contributed by atoms with van der Waals surface area (Å²) < 4.78 is 16.7. The number of esters is 1. The summed E-state index contributed by atoms with van der Waals surface area (Å²) in [5.74, 6) is -0.189. The molecule has 0 bridgehead atoms. The second-order valence-corrected chi connectivity index (χ2v) is 24.2. The van der Waals surface area contributed by atoms with E-state index < -0.39 is 49.5 Å². The van der Waals surface area contributed by atoms with Gasteiger partial charge in [0.25, 0.3) is 0 Å². The quantitative estimate of drug-likeness (QED) is 0.0195. The van der Waals surface area contributed by atoms with Crippen molar-refractivity contribution in [3.05, 3.63) is 48.6 Å². The molecule has 1 saturated heterocycles. The minimum Gasteiger partial charge on any atom is -0.466 e. The zero-order valence-corrected chi connectivity index (χ0v) is 53.2. The molecular weight excluding hydrogens is 1030 g/mol. The van der Waals surface area contributed by atoms with Gasteiger partial charge >= 0.3 is 5.97 Å². The lowest BCUT2D eigenvalue weighted by Gasteiger charge is -2.40. The summed E-state index contributed by atoms with van der Waals surface area (Å²) in [6, 6.07) is -0.829. The van der Waals surface area contributed by atoms with E-state index in [1.807, 2.05) is 6.08 Å². The standard InChI is InChI=1S/C71H131NO10/c1-3-5-7-9-11-13-15-16-34-38-41-45-49-53-57-64(74)63(62-81-71-70(79)69(78)68(77)65(61-73)82-71)72-66(75)58-54-50-46-42-39-35-32-30-28-26-24-22-20-18-17-19-21-23-25-27-29-31-33-36-40-44-48-52-56-60-80-67(76)59-55-51-47-43-37-14-12-10-8-6-4-2/h17,19,23,25,38,41,53,57,63-65,68-71,73-74,77-79H,3-16,18,20-22,24,26-37,39-40,42-52,54-56,58-62H2,1-2H3,(H,72,75)/b19-17-,25-23-,41-38+,57-53+. The third-order valence-corrected chi connectivity index (χ3v) is 16.4. The Morgan fingerprint density at radius 3 is 1.28 bits per heavy atom. The highest BCUT2D eigenvalue weighted by Crippen LogP contribution is 2.23. The van der Waals surface area contributed by atoms with Crippen molar-refractivity contribution in [1.29, 1.82) is 0 Å². The van der Waals surface area contributed by atoms with Crippen molar-refractivity contribution in [3.8, 4) is 0 Å². The van der Waals surface area contributed by atoms with Gasteiger partial charge in [0.1, 0.15) is 24.4 Å². The van der Waals surface area contributed by atoms with Gasteiger partial charge in [-0.25, -0.2) is 0 Å². The van der Waals surface area contributed by atoms with E-state index in [0.717, 1.165) is 64.2 Å². The largest absolute Gasteiger partial charge is 0.466 e. The number of aliphatic hydroxyl groups is 5. The van der Waals surface area contributed by atoms with E-state index in [4.69, 9.17) is 14.2 Å². The van der Waals surface area contributed by atoms with Gasteiger partial charge in [-0.3, -0.25) is 9.59 Å². The summed E-state index contributed by atoms with van der Waals surface area (Å²) in [6.07, 6.45) is 68.1. The van der Waals surface area contributed by atoms with Crippen molar-refractivity contribution in [1.82, 2.24) is 5.32 Å². The van der Waals surface area contributed by atoms with Gasteiger partial charge in [-0.15, -0.1) is 0 Å². The predicted octanol–water partition coefficient (Wildman–Crippen LogP) is 17.6. The fourth-order valence-corrected chi connectivity index (χ4v) is 10.9. The molecule has 1 heterocycles. The van der Waals surface area contributed by atoms with Crippen molar-refractivity contribution in [2.24, 2.45) is 0 Å². The molecule has 0 saturated carbocycles. The number of carbonyl (C=O) groups excluding carboxylic acids is 2. The Kier molecular flexibility index (Phi) is 57.1. The van der Waals surface area contributed by atoms with Crippen LogP contribution in [0.2, 0.25) is 0 Å². The first-order valence-corrected chi connectivity index (χ1v) is 34.9. The molecular formula is C71H131NO10. The van der Waals surface area contributed by atoms with Gasteiger partial charge in [0, 0.05) is 12.8 Å². The lowest BCUT2D eigenvalue weighted by atomic mass is 9.99. The fraction of sp³-hybridized carbons (Fsp3) is 0.859. The van der Waals surface area contributed by atoms with Crippen LogP contribution in [0.15, 0.2) is 48.6 Å².